The summed E-state index contributed by atoms with van der Waals surface area (Å²) in [5.41, 5.74) is -0.605. The van der Waals surface area contributed by atoms with Crippen LogP contribution in [0, 0.1) is 6.92 Å². The van der Waals surface area contributed by atoms with E-state index in [0.717, 1.165) is 4.88 Å². The number of rotatable bonds is 6. The van der Waals surface area contributed by atoms with Crippen molar-refractivity contribution >= 4 is 46.3 Å². The molecule has 1 aliphatic rings. The Morgan fingerprint density at radius 3 is 2.65 bits per heavy atom. The molecule has 1 fully saturated rings. The molecule has 2 amide bonds. The Morgan fingerprint density at radius 1 is 1.25 bits per heavy atom. The number of nitrogens with one attached hydrogen (secondary N) is 2. The molecule has 2 atom stereocenters. The smallest absolute Gasteiger partial charge is 0.415 e. The lowest BCUT2D eigenvalue weighted by Gasteiger charge is -2.32. The fourth-order valence-electron chi connectivity index (χ4n) is 4.06. The highest BCUT2D eigenvalue weighted by molar-refractivity contribution is 7.14. The quantitative estimate of drug-likeness (QED) is 0.319. The van der Waals surface area contributed by atoms with Crippen molar-refractivity contribution in [3.63, 3.8) is 0 Å². The molecular weight excluding hydrogens is 536 g/mol. The van der Waals surface area contributed by atoms with Crippen LogP contribution in [0.2, 0.25) is 0 Å². The maximum Gasteiger partial charge on any atom is 0.415 e. The molecule has 13 nitrogen and oxygen atoms in total. The number of anilines is 3. The van der Waals surface area contributed by atoms with Crippen LogP contribution in [-0.4, -0.2) is 66.1 Å². The minimum absolute atomic E-state index is 0.144. The third kappa shape index (κ3) is 5.40. The first-order valence-corrected chi connectivity index (χ1v) is 13.5. The first kappa shape index (κ1) is 27.3. The molecule has 4 aromatic heterocycles. The Hall–Kier alpha value is -4.30. The molecule has 0 aromatic carbocycles. The number of pyridine rings is 1. The Kier molecular flexibility index (Phi) is 7.06. The number of amides is 2. The predicted octanol–water partition coefficient (Wildman–Crippen LogP) is 3.01. The van der Waals surface area contributed by atoms with Gasteiger partial charge in [-0.1, -0.05) is 0 Å². The fraction of sp³-hybridized carbons (Fsp3) is 0.385. The van der Waals surface area contributed by atoms with Crippen molar-refractivity contribution in [2.75, 3.05) is 17.3 Å². The molecule has 5 rings (SSSR count). The van der Waals surface area contributed by atoms with Gasteiger partial charge in [-0.3, -0.25) is 19.1 Å². The van der Waals surface area contributed by atoms with Crippen molar-refractivity contribution in [2.45, 2.75) is 58.3 Å². The average Bonchev–Trinajstić information content (AvgIpc) is 3.52. The van der Waals surface area contributed by atoms with Crippen LogP contribution in [0.5, 0.6) is 0 Å². The van der Waals surface area contributed by atoms with Crippen molar-refractivity contribution in [3.8, 4) is 5.13 Å². The monoisotopic (exact) mass is 566 g/mol. The summed E-state index contributed by atoms with van der Waals surface area (Å²) < 4.78 is 8.30. The maximum atomic E-state index is 13.3. The summed E-state index contributed by atoms with van der Waals surface area (Å²) in [6.07, 6.45) is 4.69. The number of hydrogen-bond donors (Lipinski definition) is 3. The van der Waals surface area contributed by atoms with Crippen LogP contribution < -0.4 is 21.1 Å². The van der Waals surface area contributed by atoms with E-state index in [1.807, 2.05) is 6.92 Å². The van der Waals surface area contributed by atoms with E-state index < -0.39 is 23.7 Å². The highest BCUT2D eigenvalue weighted by Crippen LogP contribution is 2.26. The summed E-state index contributed by atoms with van der Waals surface area (Å²) in [5.74, 6) is -0.0203. The van der Waals surface area contributed by atoms with Crippen molar-refractivity contribution in [1.29, 1.82) is 0 Å². The van der Waals surface area contributed by atoms with Crippen LogP contribution >= 0.6 is 11.3 Å². The topological polar surface area (TPSA) is 156 Å². The molecule has 0 saturated heterocycles. The van der Waals surface area contributed by atoms with E-state index in [0.29, 0.717) is 18.0 Å². The highest BCUT2D eigenvalue weighted by atomic mass is 32.1. The summed E-state index contributed by atoms with van der Waals surface area (Å²) in [7, 11) is 1.51. The molecule has 3 N–H and O–H groups in total. The average molecular weight is 567 g/mol. The van der Waals surface area contributed by atoms with Gasteiger partial charge in [0.05, 0.1) is 18.3 Å². The molecule has 40 heavy (non-hydrogen) atoms. The van der Waals surface area contributed by atoms with Gasteiger partial charge in [0.1, 0.15) is 28.5 Å². The summed E-state index contributed by atoms with van der Waals surface area (Å²) in [6, 6.07) is 4.48. The zero-order valence-corrected chi connectivity index (χ0v) is 23.5. The SMILES string of the molecule is Cc1cnc(-n2cccc(Nc3cc(N(C)C(=O)OC(C)(C)C)n4ncc(C(=O)NC5CCC5O)c4n3)c2=O)s1. The Balaban J connectivity index is 1.56. The summed E-state index contributed by atoms with van der Waals surface area (Å²) in [4.78, 5) is 50.4. The van der Waals surface area contributed by atoms with E-state index >= 15 is 0 Å². The van der Waals surface area contributed by atoms with Gasteiger partial charge in [0, 0.05) is 30.4 Å². The first-order valence-electron chi connectivity index (χ1n) is 12.7. The number of aryl methyl sites for hydroxylation is 1. The molecule has 4 heterocycles. The number of hydrogen-bond acceptors (Lipinski definition) is 10. The molecule has 0 aliphatic heterocycles. The normalized spacial score (nSPS) is 16.9. The molecule has 1 aliphatic carbocycles. The van der Waals surface area contributed by atoms with E-state index in [4.69, 9.17) is 4.74 Å². The number of aliphatic hydroxyl groups excluding tert-OH is 1. The van der Waals surface area contributed by atoms with Crippen molar-refractivity contribution in [1.82, 2.24) is 29.5 Å². The molecule has 210 valence electrons. The van der Waals surface area contributed by atoms with E-state index in [1.54, 1.807) is 45.3 Å². The minimum Gasteiger partial charge on any atom is -0.443 e. The summed E-state index contributed by atoms with van der Waals surface area (Å²) in [5, 5.41) is 20.6. The second-order valence-corrected chi connectivity index (χ2v) is 11.7. The van der Waals surface area contributed by atoms with E-state index in [-0.39, 0.29) is 40.1 Å². The highest BCUT2D eigenvalue weighted by Gasteiger charge is 2.32. The number of thiazole rings is 1. The number of aliphatic hydroxyl groups is 1. The summed E-state index contributed by atoms with van der Waals surface area (Å²) in [6.45, 7) is 7.16. The Morgan fingerprint density at radius 2 is 2.02 bits per heavy atom. The van der Waals surface area contributed by atoms with Gasteiger partial charge >= 0.3 is 6.09 Å². The lowest BCUT2D eigenvalue weighted by Crippen LogP contribution is -2.50. The molecule has 0 radical (unpaired) electrons. The number of aromatic nitrogens is 5. The molecular formula is C26H30N8O5S. The second kappa shape index (κ2) is 10.4. The summed E-state index contributed by atoms with van der Waals surface area (Å²) >= 11 is 1.38. The fourth-order valence-corrected chi connectivity index (χ4v) is 4.80. The first-order chi connectivity index (χ1) is 18.9. The van der Waals surface area contributed by atoms with Crippen molar-refractivity contribution in [2.24, 2.45) is 0 Å². The molecule has 1 saturated carbocycles. The zero-order chi connectivity index (χ0) is 28.8. The molecule has 0 bridgehead atoms. The molecule has 4 aromatic rings. The number of nitrogens with zero attached hydrogens (tertiary/aromatic N) is 6. The van der Waals surface area contributed by atoms with Crippen molar-refractivity contribution in [3.05, 3.63) is 57.6 Å². The number of fused-ring (bicyclic) bond motifs is 1. The minimum atomic E-state index is -0.749. The third-order valence-electron chi connectivity index (χ3n) is 6.29. The van der Waals surface area contributed by atoms with Gasteiger partial charge in [0.2, 0.25) is 0 Å². The van der Waals surface area contributed by atoms with Crippen LogP contribution in [0.1, 0.15) is 48.8 Å². The predicted molar refractivity (Wildman–Crippen MR) is 150 cm³/mol. The van der Waals surface area contributed by atoms with Crippen LogP contribution in [0.25, 0.3) is 10.8 Å². The number of ether oxygens (including phenoxy) is 1. The second-order valence-electron chi connectivity index (χ2n) is 10.5. The van der Waals surface area contributed by atoms with Gasteiger partial charge in [-0.2, -0.15) is 9.61 Å². The Labute approximate surface area is 233 Å². The van der Waals surface area contributed by atoms with Gasteiger partial charge in [-0.15, -0.1) is 11.3 Å². The van der Waals surface area contributed by atoms with Gasteiger partial charge in [-0.25, -0.2) is 14.8 Å². The van der Waals surface area contributed by atoms with Crippen LogP contribution in [0.3, 0.4) is 0 Å². The molecule has 2 unspecified atom stereocenters. The van der Waals surface area contributed by atoms with Gasteiger partial charge in [0.25, 0.3) is 11.5 Å². The van der Waals surface area contributed by atoms with E-state index in [1.165, 1.54) is 44.6 Å². The van der Waals surface area contributed by atoms with Crippen LogP contribution in [0.4, 0.5) is 22.1 Å². The lowest BCUT2D eigenvalue weighted by molar-refractivity contribution is 0.0448. The van der Waals surface area contributed by atoms with E-state index in [9.17, 15) is 19.5 Å². The third-order valence-corrected chi connectivity index (χ3v) is 7.20. The maximum absolute atomic E-state index is 13.3. The molecule has 0 spiro atoms. The van der Waals surface area contributed by atoms with Crippen LogP contribution in [-0.2, 0) is 4.74 Å². The van der Waals surface area contributed by atoms with E-state index in [2.05, 4.69) is 25.7 Å². The largest absolute Gasteiger partial charge is 0.443 e. The lowest BCUT2D eigenvalue weighted by atomic mass is 9.89. The van der Waals surface area contributed by atoms with Crippen molar-refractivity contribution < 1.29 is 19.4 Å². The van der Waals surface area contributed by atoms with Gasteiger partial charge in [-0.05, 0) is 52.7 Å². The van der Waals surface area contributed by atoms with Gasteiger partial charge in [0.15, 0.2) is 10.8 Å². The van der Waals surface area contributed by atoms with Crippen LogP contribution in [0.15, 0.2) is 41.6 Å². The molecule has 14 heteroatoms. The Bertz CT molecular complexity index is 1650. The standard InChI is InChI=1S/C26H30N8O5S/c1-14-12-27-24(40-14)33-10-6-7-17(23(33)37)29-19-11-20(32(5)25(38)39-26(2,3)4)34-21(31-19)15(13-28-34)22(36)30-16-8-9-18(16)35/h6-7,10-13,16,18,35H,8-9H2,1-5H3,(H,29,31)(H,30,36). The van der Waals surface area contributed by atoms with Gasteiger partial charge < -0.3 is 20.5 Å². The number of carbonyl (C=O) groups is 2. The number of carbonyl (C=O) groups excluding carboxylic acids is 2. The zero-order valence-electron chi connectivity index (χ0n) is 22.7.